The second-order valence-electron chi connectivity index (χ2n) is 3.76. The topological polar surface area (TPSA) is 57.6 Å². The number of carboxylic acids is 1. The van der Waals surface area contributed by atoms with Gasteiger partial charge >= 0.3 is 5.97 Å². The van der Waals surface area contributed by atoms with Crippen LogP contribution in [-0.4, -0.2) is 39.6 Å². The van der Waals surface area contributed by atoms with Crippen molar-refractivity contribution >= 4 is 23.6 Å². The normalized spacial score (nSPS) is 19.0. The molecule has 7 heteroatoms. The van der Waals surface area contributed by atoms with Gasteiger partial charge in [-0.2, -0.15) is 0 Å². The van der Waals surface area contributed by atoms with Gasteiger partial charge in [0.25, 0.3) is 5.91 Å². The van der Waals surface area contributed by atoms with Gasteiger partial charge in [0.15, 0.2) is 11.6 Å². The number of carboxylic acid groups (broad SMARTS) is 1. The molecule has 0 bridgehead atoms. The number of halogens is 2. The summed E-state index contributed by atoms with van der Waals surface area (Å²) in [4.78, 5) is 24.1. The summed E-state index contributed by atoms with van der Waals surface area (Å²) < 4.78 is 25.8. The molecule has 1 N–H and O–H groups in total. The van der Waals surface area contributed by atoms with Crippen molar-refractivity contribution in [1.29, 1.82) is 0 Å². The summed E-state index contributed by atoms with van der Waals surface area (Å²) in [7, 11) is 0. The number of hydrogen-bond acceptors (Lipinski definition) is 3. The van der Waals surface area contributed by atoms with Gasteiger partial charge in [-0.25, -0.2) is 13.6 Å². The van der Waals surface area contributed by atoms with E-state index in [0.717, 1.165) is 23.1 Å². The molecule has 1 unspecified atom stereocenters. The van der Waals surface area contributed by atoms with Crippen LogP contribution in [0.25, 0.3) is 0 Å². The van der Waals surface area contributed by atoms with Gasteiger partial charge in [0.05, 0.1) is 5.88 Å². The molecule has 0 radical (unpaired) electrons. The zero-order chi connectivity index (χ0) is 13.3. The van der Waals surface area contributed by atoms with Crippen LogP contribution in [0, 0.1) is 11.6 Å². The number of thioether (sulfide) groups is 1. The molecule has 1 heterocycles. The van der Waals surface area contributed by atoms with Crippen molar-refractivity contribution in [2.75, 3.05) is 11.6 Å². The van der Waals surface area contributed by atoms with Crippen molar-refractivity contribution < 1.29 is 23.5 Å². The fourth-order valence-electron chi connectivity index (χ4n) is 1.64. The minimum Gasteiger partial charge on any atom is -0.480 e. The predicted octanol–water partition coefficient (Wildman–Crippen LogP) is 1.56. The Morgan fingerprint density at radius 2 is 2.06 bits per heavy atom. The second-order valence-corrected chi connectivity index (χ2v) is 4.76. The largest absolute Gasteiger partial charge is 0.480 e. The Morgan fingerprint density at radius 3 is 2.67 bits per heavy atom. The summed E-state index contributed by atoms with van der Waals surface area (Å²) >= 11 is 1.31. The lowest BCUT2D eigenvalue weighted by atomic mass is 10.1. The second kappa shape index (κ2) is 4.93. The van der Waals surface area contributed by atoms with Gasteiger partial charge in [0.1, 0.15) is 6.04 Å². The minimum absolute atomic E-state index is 0.0531. The van der Waals surface area contributed by atoms with Crippen molar-refractivity contribution in [3.63, 3.8) is 0 Å². The number of aliphatic carboxylic acids is 1. The highest BCUT2D eigenvalue weighted by Crippen LogP contribution is 2.23. The molecule has 1 amide bonds. The standard InChI is InChI=1S/C11H9F2NO3S/c12-7-2-1-6(3-8(7)13)10(15)14-5-18-4-9(14)11(16)17/h1-3,9H,4-5H2,(H,16,17). The van der Waals surface area contributed by atoms with Crippen LogP contribution in [0.15, 0.2) is 18.2 Å². The highest BCUT2D eigenvalue weighted by atomic mass is 32.2. The van der Waals surface area contributed by atoms with E-state index in [2.05, 4.69) is 0 Å². The lowest BCUT2D eigenvalue weighted by Crippen LogP contribution is -2.41. The maximum atomic E-state index is 13.0. The molecule has 0 saturated carbocycles. The molecule has 1 aliphatic heterocycles. The average Bonchev–Trinajstić information content (AvgIpc) is 2.81. The predicted molar refractivity (Wildman–Crippen MR) is 61.3 cm³/mol. The molecule has 96 valence electrons. The summed E-state index contributed by atoms with van der Waals surface area (Å²) in [6, 6.07) is 1.85. The molecular weight excluding hydrogens is 264 g/mol. The summed E-state index contributed by atoms with van der Waals surface area (Å²) in [6.45, 7) is 0. The summed E-state index contributed by atoms with van der Waals surface area (Å²) in [5.41, 5.74) is -0.0531. The van der Waals surface area contributed by atoms with Gasteiger partial charge in [-0.1, -0.05) is 0 Å². The highest BCUT2D eigenvalue weighted by molar-refractivity contribution is 7.99. The molecule has 1 aromatic rings. The van der Waals surface area contributed by atoms with Gasteiger partial charge in [0.2, 0.25) is 0 Å². The van der Waals surface area contributed by atoms with E-state index in [4.69, 9.17) is 5.11 Å². The zero-order valence-electron chi connectivity index (χ0n) is 9.10. The van der Waals surface area contributed by atoms with E-state index in [-0.39, 0.29) is 11.4 Å². The molecule has 1 atom stereocenters. The molecule has 1 fully saturated rings. The third-order valence-corrected chi connectivity index (χ3v) is 3.61. The third-order valence-electron chi connectivity index (χ3n) is 2.59. The first kappa shape index (κ1) is 12.8. The van der Waals surface area contributed by atoms with Crippen LogP contribution in [-0.2, 0) is 4.79 Å². The molecule has 4 nitrogen and oxygen atoms in total. The SMILES string of the molecule is O=C(O)C1CSCN1C(=O)c1ccc(F)c(F)c1. The lowest BCUT2D eigenvalue weighted by Gasteiger charge is -2.20. The average molecular weight is 273 g/mol. The van der Waals surface area contributed by atoms with Crippen LogP contribution in [0.1, 0.15) is 10.4 Å². The molecule has 1 aliphatic rings. The lowest BCUT2D eigenvalue weighted by molar-refractivity contribution is -0.140. The van der Waals surface area contributed by atoms with Crippen molar-refractivity contribution in [2.24, 2.45) is 0 Å². The third kappa shape index (κ3) is 2.31. The fraction of sp³-hybridized carbons (Fsp3) is 0.273. The summed E-state index contributed by atoms with van der Waals surface area (Å²) in [6.07, 6.45) is 0. The number of hydrogen-bond donors (Lipinski definition) is 1. The Balaban J connectivity index is 2.25. The Hall–Kier alpha value is -1.63. The van der Waals surface area contributed by atoms with Crippen molar-refractivity contribution in [2.45, 2.75) is 6.04 Å². The van der Waals surface area contributed by atoms with Crippen LogP contribution in [0.5, 0.6) is 0 Å². The Bertz CT molecular complexity index is 509. The van der Waals surface area contributed by atoms with Gasteiger partial charge in [-0.15, -0.1) is 11.8 Å². The van der Waals surface area contributed by atoms with Crippen LogP contribution < -0.4 is 0 Å². The first-order chi connectivity index (χ1) is 8.50. The number of carbonyl (C=O) groups excluding carboxylic acids is 1. The van der Waals surface area contributed by atoms with Crippen molar-refractivity contribution in [3.8, 4) is 0 Å². The van der Waals surface area contributed by atoms with E-state index in [1.165, 1.54) is 11.8 Å². The van der Waals surface area contributed by atoms with Gasteiger partial charge in [-0.05, 0) is 18.2 Å². The van der Waals surface area contributed by atoms with Crippen LogP contribution in [0.4, 0.5) is 8.78 Å². The van der Waals surface area contributed by atoms with E-state index in [1.54, 1.807) is 0 Å². The number of carbonyl (C=O) groups is 2. The zero-order valence-corrected chi connectivity index (χ0v) is 9.92. The monoisotopic (exact) mass is 273 g/mol. The fourth-order valence-corrected chi connectivity index (χ4v) is 2.79. The van der Waals surface area contributed by atoms with Gasteiger partial charge < -0.3 is 10.0 Å². The van der Waals surface area contributed by atoms with E-state index < -0.39 is 29.6 Å². The quantitative estimate of drug-likeness (QED) is 0.888. The first-order valence-electron chi connectivity index (χ1n) is 5.07. The van der Waals surface area contributed by atoms with Crippen molar-refractivity contribution in [3.05, 3.63) is 35.4 Å². The minimum atomic E-state index is -1.13. The highest BCUT2D eigenvalue weighted by Gasteiger charge is 2.35. The summed E-state index contributed by atoms with van der Waals surface area (Å²) in [5.74, 6) is -3.35. The Morgan fingerprint density at radius 1 is 1.33 bits per heavy atom. The molecule has 18 heavy (non-hydrogen) atoms. The van der Waals surface area contributed by atoms with E-state index >= 15 is 0 Å². The maximum Gasteiger partial charge on any atom is 0.327 e. The molecular formula is C11H9F2NO3S. The number of nitrogens with zero attached hydrogens (tertiary/aromatic N) is 1. The van der Waals surface area contributed by atoms with Gasteiger partial charge in [0, 0.05) is 11.3 Å². The van der Waals surface area contributed by atoms with Crippen molar-refractivity contribution in [1.82, 2.24) is 4.90 Å². The number of amides is 1. The molecule has 2 rings (SSSR count). The summed E-state index contributed by atoms with van der Waals surface area (Å²) in [5, 5.41) is 8.94. The first-order valence-corrected chi connectivity index (χ1v) is 6.22. The van der Waals surface area contributed by atoms with Crippen LogP contribution in [0.3, 0.4) is 0 Å². The number of rotatable bonds is 2. The molecule has 0 aromatic heterocycles. The van der Waals surface area contributed by atoms with Crippen LogP contribution in [0.2, 0.25) is 0 Å². The molecule has 0 spiro atoms. The van der Waals surface area contributed by atoms with E-state index in [0.29, 0.717) is 5.75 Å². The maximum absolute atomic E-state index is 13.0. The molecule has 1 aromatic carbocycles. The van der Waals surface area contributed by atoms with Gasteiger partial charge in [-0.3, -0.25) is 4.79 Å². The molecule has 0 aliphatic carbocycles. The van der Waals surface area contributed by atoms with E-state index in [1.807, 2.05) is 0 Å². The Kier molecular flexibility index (Phi) is 3.51. The van der Waals surface area contributed by atoms with Crippen LogP contribution >= 0.6 is 11.8 Å². The smallest absolute Gasteiger partial charge is 0.327 e. The van der Waals surface area contributed by atoms with E-state index in [9.17, 15) is 18.4 Å². The molecule has 1 saturated heterocycles. The number of benzene rings is 1. The Labute approximate surface area is 106 Å².